The van der Waals surface area contributed by atoms with Gasteiger partial charge in [0, 0.05) is 18.2 Å². The zero-order chi connectivity index (χ0) is 13.1. The molecule has 0 atom stereocenters. The maximum Gasteiger partial charge on any atom is 0.287 e. The van der Waals surface area contributed by atoms with Crippen LogP contribution in [0, 0.1) is 11.6 Å². The van der Waals surface area contributed by atoms with E-state index in [1.54, 1.807) is 6.07 Å². The van der Waals surface area contributed by atoms with Crippen molar-refractivity contribution >= 4 is 21.8 Å². The predicted molar refractivity (Wildman–Crippen MR) is 63.9 cm³/mol. The minimum Gasteiger partial charge on any atom is -0.444 e. The summed E-state index contributed by atoms with van der Waals surface area (Å²) in [6.07, 6.45) is 0. The molecule has 0 unspecified atom stereocenters. The van der Waals surface area contributed by atoms with Crippen molar-refractivity contribution in [2.45, 2.75) is 6.54 Å². The highest BCUT2D eigenvalue weighted by molar-refractivity contribution is 9.10. The summed E-state index contributed by atoms with van der Waals surface area (Å²) in [5.74, 6) is -1.71. The molecule has 1 aromatic heterocycles. The maximum absolute atomic E-state index is 13.3. The third-order valence-electron chi connectivity index (χ3n) is 2.25. The highest BCUT2D eigenvalue weighted by Gasteiger charge is 2.11. The summed E-state index contributed by atoms with van der Waals surface area (Å²) >= 11 is 3.07. The van der Waals surface area contributed by atoms with Crippen LogP contribution in [0.25, 0.3) is 0 Å². The molecule has 1 N–H and O–H groups in total. The predicted octanol–water partition coefficient (Wildman–Crippen LogP) is 3.25. The molecule has 1 heterocycles. The van der Waals surface area contributed by atoms with Gasteiger partial charge in [-0.15, -0.1) is 0 Å². The van der Waals surface area contributed by atoms with Gasteiger partial charge >= 0.3 is 0 Å². The van der Waals surface area contributed by atoms with E-state index in [0.29, 0.717) is 4.67 Å². The van der Waals surface area contributed by atoms with Gasteiger partial charge in [-0.05, 0) is 34.1 Å². The molecule has 0 aliphatic rings. The van der Waals surface area contributed by atoms with E-state index in [2.05, 4.69) is 21.2 Å². The third kappa shape index (κ3) is 2.95. The van der Waals surface area contributed by atoms with Crippen molar-refractivity contribution in [1.82, 2.24) is 5.32 Å². The van der Waals surface area contributed by atoms with Crippen molar-refractivity contribution in [3.63, 3.8) is 0 Å². The van der Waals surface area contributed by atoms with Crippen molar-refractivity contribution in [2.24, 2.45) is 0 Å². The van der Waals surface area contributed by atoms with Crippen LogP contribution < -0.4 is 5.32 Å². The second-order valence-electron chi connectivity index (χ2n) is 3.52. The average molecular weight is 316 g/mol. The van der Waals surface area contributed by atoms with E-state index in [1.165, 1.54) is 12.1 Å². The quantitative estimate of drug-likeness (QED) is 0.944. The number of amides is 1. The van der Waals surface area contributed by atoms with Crippen LogP contribution in [0.5, 0.6) is 0 Å². The van der Waals surface area contributed by atoms with E-state index >= 15 is 0 Å². The number of rotatable bonds is 3. The van der Waals surface area contributed by atoms with Gasteiger partial charge in [0.2, 0.25) is 0 Å². The first-order valence-electron chi connectivity index (χ1n) is 5.04. The molecule has 2 aromatic rings. The minimum absolute atomic E-state index is 0.0384. The van der Waals surface area contributed by atoms with Crippen LogP contribution in [-0.2, 0) is 6.54 Å². The molecule has 0 aliphatic carbocycles. The van der Waals surface area contributed by atoms with E-state index in [0.717, 1.165) is 12.1 Å². The van der Waals surface area contributed by atoms with Crippen molar-refractivity contribution in [2.75, 3.05) is 0 Å². The number of benzene rings is 1. The SMILES string of the molecule is O=C(NCc1ccc(F)cc1F)c1ccc(Br)o1. The van der Waals surface area contributed by atoms with Crippen LogP contribution in [0.1, 0.15) is 16.1 Å². The summed E-state index contributed by atoms with van der Waals surface area (Å²) in [4.78, 5) is 11.6. The molecule has 0 bridgehead atoms. The first-order valence-corrected chi connectivity index (χ1v) is 5.83. The number of hydrogen-bond acceptors (Lipinski definition) is 2. The Morgan fingerprint density at radius 3 is 2.67 bits per heavy atom. The standard InChI is InChI=1S/C12H8BrF2NO2/c13-11-4-3-10(18-11)12(17)16-6-7-1-2-8(14)5-9(7)15/h1-5H,6H2,(H,16,17). The number of hydrogen-bond donors (Lipinski definition) is 1. The molecular formula is C12H8BrF2NO2. The summed E-state index contributed by atoms with van der Waals surface area (Å²) in [6, 6.07) is 6.25. The summed E-state index contributed by atoms with van der Waals surface area (Å²) in [6.45, 7) is -0.0384. The Kier molecular flexibility index (Phi) is 3.76. The molecule has 1 aromatic carbocycles. The first kappa shape index (κ1) is 12.8. The molecule has 18 heavy (non-hydrogen) atoms. The van der Waals surface area contributed by atoms with Gasteiger partial charge in [0.1, 0.15) is 11.6 Å². The lowest BCUT2D eigenvalue weighted by atomic mass is 10.2. The molecule has 94 valence electrons. The van der Waals surface area contributed by atoms with Gasteiger partial charge in [0.15, 0.2) is 10.4 Å². The zero-order valence-corrected chi connectivity index (χ0v) is 10.6. The maximum atomic E-state index is 13.3. The Labute approximate surface area is 110 Å². The van der Waals surface area contributed by atoms with Gasteiger partial charge < -0.3 is 9.73 Å². The molecule has 6 heteroatoms. The fourth-order valence-corrected chi connectivity index (χ4v) is 1.67. The first-order chi connectivity index (χ1) is 8.56. The van der Waals surface area contributed by atoms with Crippen molar-refractivity contribution < 1.29 is 18.0 Å². The molecular weight excluding hydrogens is 308 g/mol. The highest BCUT2D eigenvalue weighted by atomic mass is 79.9. The zero-order valence-electron chi connectivity index (χ0n) is 9.04. The van der Waals surface area contributed by atoms with Gasteiger partial charge in [0.05, 0.1) is 0 Å². The number of halogens is 3. The third-order valence-corrected chi connectivity index (χ3v) is 2.68. The molecule has 0 radical (unpaired) electrons. The lowest BCUT2D eigenvalue weighted by molar-refractivity contribution is 0.0921. The van der Waals surface area contributed by atoms with Crippen LogP contribution in [0.15, 0.2) is 39.4 Å². The Morgan fingerprint density at radius 2 is 2.06 bits per heavy atom. The Hall–Kier alpha value is -1.69. The minimum atomic E-state index is -0.698. The fourth-order valence-electron chi connectivity index (χ4n) is 1.36. The second kappa shape index (κ2) is 5.30. The molecule has 2 rings (SSSR count). The van der Waals surface area contributed by atoms with Gasteiger partial charge in [-0.3, -0.25) is 4.79 Å². The number of carbonyl (C=O) groups is 1. The highest BCUT2D eigenvalue weighted by Crippen LogP contribution is 2.14. The molecule has 0 spiro atoms. The van der Waals surface area contributed by atoms with Gasteiger partial charge in [-0.2, -0.15) is 0 Å². The van der Waals surface area contributed by atoms with Crippen molar-refractivity contribution in [3.05, 3.63) is 58.0 Å². The summed E-state index contributed by atoms with van der Waals surface area (Å²) in [7, 11) is 0. The van der Waals surface area contributed by atoms with Crippen LogP contribution in [0.2, 0.25) is 0 Å². The lowest BCUT2D eigenvalue weighted by Gasteiger charge is -2.04. The molecule has 3 nitrogen and oxygen atoms in total. The second-order valence-corrected chi connectivity index (χ2v) is 4.30. The topological polar surface area (TPSA) is 42.2 Å². The van der Waals surface area contributed by atoms with E-state index in [4.69, 9.17) is 4.42 Å². The van der Waals surface area contributed by atoms with Crippen LogP contribution in [0.4, 0.5) is 8.78 Å². The van der Waals surface area contributed by atoms with Crippen LogP contribution in [0.3, 0.4) is 0 Å². The number of carbonyl (C=O) groups excluding carboxylic acids is 1. The number of nitrogens with one attached hydrogen (secondary N) is 1. The largest absolute Gasteiger partial charge is 0.444 e. The average Bonchev–Trinajstić information content (AvgIpc) is 2.74. The van der Waals surface area contributed by atoms with E-state index < -0.39 is 17.5 Å². The van der Waals surface area contributed by atoms with Crippen molar-refractivity contribution in [1.29, 1.82) is 0 Å². The Balaban J connectivity index is 2.01. The molecule has 0 fully saturated rings. The van der Waals surface area contributed by atoms with E-state index in [9.17, 15) is 13.6 Å². The fraction of sp³-hybridized carbons (Fsp3) is 0.0833. The summed E-state index contributed by atoms with van der Waals surface area (Å²) in [5, 5.41) is 2.47. The van der Waals surface area contributed by atoms with Crippen molar-refractivity contribution in [3.8, 4) is 0 Å². The van der Waals surface area contributed by atoms with Gasteiger partial charge in [0.25, 0.3) is 5.91 Å². The van der Waals surface area contributed by atoms with Gasteiger partial charge in [-0.1, -0.05) is 6.07 Å². The molecule has 0 aliphatic heterocycles. The van der Waals surface area contributed by atoms with Crippen LogP contribution >= 0.6 is 15.9 Å². The smallest absolute Gasteiger partial charge is 0.287 e. The molecule has 0 saturated carbocycles. The Morgan fingerprint density at radius 1 is 1.28 bits per heavy atom. The van der Waals surface area contributed by atoms with E-state index in [-0.39, 0.29) is 17.9 Å². The molecule has 0 saturated heterocycles. The van der Waals surface area contributed by atoms with Gasteiger partial charge in [-0.25, -0.2) is 8.78 Å². The van der Waals surface area contributed by atoms with Crippen LogP contribution in [-0.4, -0.2) is 5.91 Å². The summed E-state index contributed by atoms with van der Waals surface area (Å²) < 4.78 is 31.4. The lowest BCUT2D eigenvalue weighted by Crippen LogP contribution is -2.22. The normalized spacial score (nSPS) is 10.4. The Bertz CT molecular complexity index is 583. The monoisotopic (exact) mass is 315 g/mol. The molecule has 1 amide bonds. The summed E-state index contributed by atoms with van der Waals surface area (Å²) in [5.41, 5.74) is 0.204. The number of furan rings is 1. The van der Waals surface area contributed by atoms with E-state index in [1.807, 2.05) is 0 Å².